The third-order valence-electron chi connectivity index (χ3n) is 2.51. The van der Waals surface area contributed by atoms with E-state index in [0.717, 1.165) is 6.20 Å². The van der Waals surface area contributed by atoms with Crippen LogP contribution in [-0.4, -0.2) is 31.1 Å². The fourth-order valence-corrected chi connectivity index (χ4v) is 1.89. The van der Waals surface area contributed by atoms with E-state index in [9.17, 15) is 14.9 Å². The highest BCUT2D eigenvalue weighted by molar-refractivity contribution is 7.80. The van der Waals surface area contributed by atoms with Crippen molar-refractivity contribution in [2.75, 3.05) is 10.6 Å². The van der Waals surface area contributed by atoms with Crippen LogP contribution in [-0.2, 0) is 0 Å². The Morgan fingerprint density at radius 2 is 1.96 bits per heavy atom. The third kappa shape index (κ3) is 4.31. The highest BCUT2D eigenvalue weighted by Crippen LogP contribution is 2.16. The zero-order valence-corrected chi connectivity index (χ0v) is 12.8. The van der Waals surface area contributed by atoms with Crippen LogP contribution < -0.4 is 10.6 Å². The second-order valence-corrected chi connectivity index (χ2v) is 4.89. The van der Waals surface area contributed by atoms with Crippen molar-refractivity contribution in [3.8, 4) is 0 Å². The first kappa shape index (κ1) is 16.5. The van der Waals surface area contributed by atoms with Crippen LogP contribution in [0.25, 0.3) is 0 Å². The molecule has 0 spiro atoms. The second kappa shape index (κ2) is 6.94. The van der Waals surface area contributed by atoms with Gasteiger partial charge < -0.3 is 15.7 Å². The first-order valence-corrected chi connectivity index (χ1v) is 6.73. The number of anilines is 2. The van der Waals surface area contributed by atoms with Crippen LogP contribution in [0, 0.1) is 10.1 Å². The molecule has 0 aliphatic rings. The highest BCUT2D eigenvalue weighted by Gasteiger charge is 2.13. The molecule has 1 heterocycles. The molecule has 0 atom stereocenters. The number of rotatable bonds is 4. The predicted octanol–water partition coefficient (Wildman–Crippen LogP) is 2.55. The van der Waals surface area contributed by atoms with Crippen molar-refractivity contribution in [3.63, 3.8) is 0 Å². The molecule has 3 N–H and O–H groups in total. The summed E-state index contributed by atoms with van der Waals surface area (Å²) in [6.07, 6.45) is 1.13. The molecule has 0 saturated heterocycles. The molecule has 0 bridgehead atoms. The zero-order valence-electron chi connectivity index (χ0n) is 11.2. The molecule has 0 aliphatic carbocycles. The van der Waals surface area contributed by atoms with Crippen LogP contribution in [0.1, 0.15) is 10.5 Å². The Morgan fingerprint density at radius 3 is 2.52 bits per heavy atom. The maximum Gasteiger partial charge on any atom is 0.356 e. The highest BCUT2D eigenvalue weighted by atomic mass is 35.5. The lowest BCUT2D eigenvalue weighted by atomic mass is 10.3. The average Bonchev–Trinajstić information content (AvgIpc) is 2.49. The summed E-state index contributed by atoms with van der Waals surface area (Å²) >= 11 is 10.7. The van der Waals surface area contributed by atoms with Gasteiger partial charge in [0, 0.05) is 17.8 Å². The number of aromatic nitrogens is 2. The number of nitro groups is 1. The summed E-state index contributed by atoms with van der Waals surface area (Å²) in [5, 5.41) is 24.8. The van der Waals surface area contributed by atoms with Crippen LogP contribution in [0.5, 0.6) is 0 Å². The lowest BCUT2D eigenvalue weighted by Gasteiger charge is -2.09. The van der Waals surface area contributed by atoms with E-state index in [2.05, 4.69) is 20.6 Å². The van der Waals surface area contributed by atoms with Crippen molar-refractivity contribution in [1.82, 2.24) is 9.97 Å². The van der Waals surface area contributed by atoms with E-state index >= 15 is 0 Å². The van der Waals surface area contributed by atoms with Gasteiger partial charge in [0.25, 0.3) is 5.69 Å². The van der Waals surface area contributed by atoms with Gasteiger partial charge in [0.1, 0.15) is 0 Å². The molecule has 23 heavy (non-hydrogen) atoms. The summed E-state index contributed by atoms with van der Waals surface area (Å²) in [5.41, 5.74) is 0.0874. The number of nitrogens with one attached hydrogen (secondary N) is 2. The Kier molecular flexibility index (Phi) is 4.98. The molecule has 0 fully saturated rings. The average molecular weight is 354 g/mol. The first-order chi connectivity index (χ1) is 10.9. The number of thiocarbonyl (C=S) groups is 1. The van der Waals surface area contributed by atoms with Gasteiger partial charge in [0.2, 0.25) is 5.95 Å². The molecular weight excluding hydrogens is 346 g/mol. The van der Waals surface area contributed by atoms with Crippen molar-refractivity contribution in [2.45, 2.75) is 0 Å². The van der Waals surface area contributed by atoms with Gasteiger partial charge in [-0.2, -0.15) is 0 Å². The molecule has 11 heteroatoms. The summed E-state index contributed by atoms with van der Waals surface area (Å²) in [7, 11) is 0. The molecule has 2 aromatic rings. The molecule has 9 nitrogen and oxygen atoms in total. The van der Waals surface area contributed by atoms with Crippen LogP contribution in [0.15, 0.2) is 30.5 Å². The normalized spacial score (nSPS) is 9.96. The van der Waals surface area contributed by atoms with Crippen LogP contribution >= 0.6 is 23.8 Å². The lowest BCUT2D eigenvalue weighted by molar-refractivity contribution is -0.384. The van der Waals surface area contributed by atoms with E-state index in [1.807, 2.05) is 0 Å². The van der Waals surface area contributed by atoms with Gasteiger partial charge >= 0.3 is 5.97 Å². The van der Waals surface area contributed by atoms with Gasteiger partial charge in [-0.25, -0.2) is 14.8 Å². The Bertz CT molecular complexity index is 784. The molecule has 1 aromatic carbocycles. The van der Waals surface area contributed by atoms with E-state index in [-0.39, 0.29) is 27.5 Å². The Balaban J connectivity index is 2.06. The minimum atomic E-state index is -1.30. The molecule has 118 valence electrons. The maximum absolute atomic E-state index is 10.9. The number of non-ortho nitro benzene ring substituents is 1. The summed E-state index contributed by atoms with van der Waals surface area (Å²) in [5.74, 6) is -1.35. The Morgan fingerprint density at radius 1 is 1.30 bits per heavy atom. The van der Waals surface area contributed by atoms with Gasteiger partial charge in [-0.1, -0.05) is 11.6 Å². The molecule has 0 amide bonds. The smallest absolute Gasteiger partial charge is 0.356 e. The van der Waals surface area contributed by atoms with E-state index < -0.39 is 10.9 Å². The number of carbonyl (C=O) groups is 1. The standard InChI is InChI=1S/C12H8ClN5O4S/c13-8-5-14-11(16-9(8)10(19)20)17-12(23)15-6-1-3-7(4-2-6)18(21)22/h1-5H,(H,19,20)(H2,14,15,16,17,23). The van der Waals surface area contributed by atoms with Crippen molar-refractivity contribution >= 4 is 52.2 Å². The van der Waals surface area contributed by atoms with E-state index in [1.165, 1.54) is 24.3 Å². The fraction of sp³-hybridized carbons (Fsp3) is 0. The summed E-state index contributed by atoms with van der Waals surface area (Å²) in [6, 6.07) is 5.56. The second-order valence-electron chi connectivity index (χ2n) is 4.08. The van der Waals surface area contributed by atoms with Crippen molar-refractivity contribution in [2.24, 2.45) is 0 Å². The summed E-state index contributed by atoms with van der Waals surface area (Å²) < 4.78 is 0. The van der Waals surface area contributed by atoms with Crippen molar-refractivity contribution in [3.05, 3.63) is 51.3 Å². The van der Waals surface area contributed by atoms with E-state index in [4.69, 9.17) is 28.9 Å². The zero-order chi connectivity index (χ0) is 17.0. The molecule has 0 radical (unpaired) electrons. The monoisotopic (exact) mass is 353 g/mol. The van der Waals surface area contributed by atoms with Gasteiger partial charge in [0.15, 0.2) is 10.8 Å². The molecular formula is C12H8ClN5O4S. The third-order valence-corrected chi connectivity index (χ3v) is 2.99. The molecule has 2 rings (SSSR count). The van der Waals surface area contributed by atoms with Crippen LogP contribution in [0.3, 0.4) is 0 Å². The molecule has 1 aromatic heterocycles. The number of nitrogens with zero attached hydrogens (tertiary/aromatic N) is 3. The van der Waals surface area contributed by atoms with Gasteiger partial charge in [0.05, 0.1) is 16.1 Å². The number of aromatic carboxylic acids is 1. The maximum atomic E-state index is 10.9. The fourth-order valence-electron chi connectivity index (χ4n) is 1.51. The Hall–Kier alpha value is -2.85. The molecule has 0 aliphatic heterocycles. The molecule has 0 saturated carbocycles. The van der Waals surface area contributed by atoms with E-state index in [0.29, 0.717) is 5.69 Å². The minimum Gasteiger partial charge on any atom is -0.476 e. The first-order valence-electron chi connectivity index (χ1n) is 5.95. The van der Waals surface area contributed by atoms with Gasteiger partial charge in [-0.15, -0.1) is 0 Å². The van der Waals surface area contributed by atoms with E-state index in [1.54, 1.807) is 0 Å². The largest absolute Gasteiger partial charge is 0.476 e. The number of hydrogen-bond donors (Lipinski definition) is 3. The number of nitro benzene ring substituents is 1. The van der Waals surface area contributed by atoms with Crippen molar-refractivity contribution < 1.29 is 14.8 Å². The molecule has 0 unspecified atom stereocenters. The number of halogens is 1. The quantitative estimate of drug-likeness (QED) is 0.431. The Labute approximate surface area is 139 Å². The number of hydrogen-bond acceptors (Lipinski definition) is 6. The van der Waals surface area contributed by atoms with Crippen molar-refractivity contribution in [1.29, 1.82) is 0 Å². The minimum absolute atomic E-state index is 0.0498. The van der Waals surface area contributed by atoms with Crippen LogP contribution in [0.4, 0.5) is 17.3 Å². The topological polar surface area (TPSA) is 130 Å². The summed E-state index contributed by atoms with van der Waals surface area (Å²) in [6.45, 7) is 0. The summed E-state index contributed by atoms with van der Waals surface area (Å²) in [4.78, 5) is 28.5. The van der Waals surface area contributed by atoms with Gasteiger partial charge in [-0.3, -0.25) is 10.1 Å². The van der Waals surface area contributed by atoms with Gasteiger partial charge in [-0.05, 0) is 24.4 Å². The number of benzene rings is 1. The predicted molar refractivity (Wildman–Crippen MR) is 86.9 cm³/mol. The lowest BCUT2D eigenvalue weighted by Crippen LogP contribution is -2.21. The van der Waals surface area contributed by atoms with Crippen LogP contribution in [0.2, 0.25) is 5.02 Å². The number of carboxylic acids is 1. The number of carboxylic acid groups (broad SMARTS) is 1. The SMILES string of the molecule is O=C(O)c1nc(NC(=S)Nc2ccc([N+](=O)[O-])cc2)ncc1Cl.